The fourth-order valence-corrected chi connectivity index (χ4v) is 2.14. The summed E-state index contributed by atoms with van der Waals surface area (Å²) in [6.45, 7) is 2.78. The van der Waals surface area contributed by atoms with Crippen molar-refractivity contribution in [2.75, 3.05) is 13.9 Å². The van der Waals surface area contributed by atoms with E-state index in [1.165, 1.54) is 0 Å². The van der Waals surface area contributed by atoms with Gasteiger partial charge in [0.05, 0.1) is 13.7 Å². The molecule has 0 aromatic heterocycles. The largest absolute Gasteiger partial charge is 0.496 e. The fraction of sp³-hybridized carbons (Fsp3) is 0.462. The number of rotatable bonds is 4. The van der Waals surface area contributed by atoms with Crippen LogP contribution in [-0.2, 0) is 16.1 Å². The van der Waals surface area contributed by atoms with Gasteiger partial charge in [-0.05, 0) is 18.1 Å². The molecular formula is C13H16O4. The Labute approximate surface area is 100 Å². The van der Waals surface area contributed by atoms with E-state index < -0.39 is 0 Å². The number of hydrogen-bond donors (Lipinski definition) is 0. The van der Waals surface area contributed by atoms with Crippen LogP contribution in [0, 0.1) is 0 Å². The Morgan fingerprint density at radius 1 is 1.53 bits per heavy atom. The molecule has 0 fully saturated rings. The van der Waals surface area contributed by atoms with Crippen LogP contribution in [0.3, 0.4) is 0 Å². The predicted octanol–water partition coefficient (Wildman–Crippen LogP) is 2.25. The number of methoxy groups -OCH3 is 1. The second-order valence-electron chi connectivity index (χ2n) is 4.07. The Morgan fingerprint density at radius 3 is 3.06 bits per heavy atom. The van der Waals surface area contributed by atoms with Crippen molar-refractivity contribution >= 4 is 6.29 Å². The van der Waals surface area contributed by atoms with E-state index in [1.807, 2.05) is 19.1 Å². The quantitative estimate of drug-likeness (QED) is 0.752. The summed E-state index contributed by atoms with van der Waals surface area (Å²) in [4.78, 5) is 10.7. The van der Waals surface area contributed by atoms with E-state index in [1.54, 1.807) is 7.11 Å². The minimum Gasteiger partial charge on any atom is -0.496 e. The van der Waals surface area contributed by atoms with Crippen LogP contribution < -0.4 is 9.47 Å². The highest BCUT2D eigenvalue weighted by atomic mass is 16.7. The Bertz CT molecular complexity index is 414. The zero-order chi connectivity index (χ0) is 12.3. The van der Waals surface area contributed by atoms with Crippen molar-refractivity contribution in [3.05, 3.63) is 23.3 Å². The first-order valence-corrected chi connectivity index (χ1v) is 5.61. The van der Waals surface area contributed by atoms with Crippen molar-refractivity contribution in [3.8, 4) is 11.5 Å². The topological polar surface area (TPSA) is 44.8 Å². The average Bonchev–Trinajstić information content (AvgIpc) is 2.37. The Hall–Kier alpha value is -1.55. The maximum absolute atomic E-state index is 10.7. The van der Waals surface area contributed by atoms with Crippen LogP contribution >= 0.6 is 0 Å². The second kappa shape index (κ2) is 5.19. The van der Waals surface area contributed by atoms with Crippen LogP contribution in [0.1, 0.15) is 30.4 Å². The lowest BCUT2D eigenvalue weighted by Crippen LogP contribution is -2.15. The SMILES string of the molecule is COc1ccc2c(c1C(C)CC=O)COCO2. The maximum Gasteiger partial charge on any atom is 0.189 e. The number of benzene rings is 1. The minimum atomic E-state index is 0.0997. The molecule has 1 aliphatic rings. The van der Waals surface area contributed by atoms with Crippen LogP contribution in [0.5, 0.6) is 11.5 Å². The van der Waals surface area contributed by atoms with E-state index >= 15 is 0 Å². The van der Waals surface area contributed by atoms with Gasteiger partial charge in [0.2, 0.25) is 0 Å². The lowest BCUT2D eigenvalue weighted by Gasteiger charge is -2.24. The van der Waals surface area contributed by atoms with E-state index in [4.69, 9.17) is 14.2 Å². The first kappa shape index (κ1) is 11.9. The highest BCUT2D eigenvalue weighted by molar-refractivity contribution is 5.56. The molecule has 4 nitrogen and oxygen atoms in total. The number of ether oxygens (including phenoxy) is 3. The van der Waals surface area contributed by atoms with Crippen molar-refractivity contribution < 1.29 is 19.0 Å². The third-order valence-corrected chi connectivity index (χ3v) is 2.98. The van der Waals surface area contributed by atoms with Gasteiger partial charge >= 0.3 is 0 Å². The highest BCUT2D eigenvalue weighted by Crippen LogP contribution is 2.38. The van der Waals surface area contributed by atoms with Crippen LogP contribution in [0.4, 0.5) is 0 Å². The molecule has 2 rings (SSSR count). The fourth-order valence-electron chi connectivity index (χ4n) is 2.14. The van der Waals surface area contributed by atoms with Crippen molar-refractivity contribution in [3.63, 3.8) is 0 Å². The van der Waals surface area contributed by atoms with Gasteiger partial charge in [0.25, 0.3) is 0 Å². The molecule has 1 atom stereocenters. The molecule has 0 aliphatic carbocycles. The molecular weight excluding hydrogens is 220 g/mol. The lowest BCUT2D eigenvalue weighted by atomic mass is 9.92. The summed E-state index contributed by atoms with van der Waals surface area (Å²) in [5, 5.41) is 0. The van der Waals surface area contributed by atoms with Crippen LogP contribution in [0.25, 0.3) is 0 Å². The summed E-state index contributed by atoms with van der Waals surface area (Å²) >= 11 is 0. The first-order valence-electron chi connectivity index (χ1n) is 5.61. The average molecular weight is 236 g/mol. The van der Waals surface area contributed by atoms with Crippen molar-refractivity contribution in [1.82, 2.24) is 0 Å². The second-order valence-corrected chi connectivity index (χ2v) is 4.07. The van der Waals surface area contributed by atoms with Crippen molar-refractivity contribution in [2.24, 2.45) is 0 Å². The summed E-state index contributed by atoms with van der Waals surface area (Å²) in [5.74, 6) is 1.71. The molecule has 1 unspecified atom stereocenters. The van der Waals surface area contributed by atoms with Gasteiger partial charge in [-0.1, -0.05) is 6.92 Å². The molecule has 1 aliphatic heterocycles. The van der Waals surface area contributed by atoms with Crippen LogP contribution in [0.2, 0.25) is 0 Å². The maximum atomic E-state index is 10.7. The monoisotopic (exact) mass is 236 g/mol. The molecule has 1 heterocycles. The lowest BCUT2D eigenvalue weighted by molar-refractivity contribution is -0.108. The van der Waals surface area contributed by atoms with Crippen LogP contribution in [-0.4, -0.2) is 20.2 Å². The van der Waals surface area contributed by atoms with Gasteiger partial charge < -0.3 is 19.0 Å². The molecule has 0 amide bonds. The summed E-state index contributed by atoms with van der Waals surface area (Å²) in [6.07, 6.45) is 1.39. The molecule has 4 heteroatoms. The normalized spacial score (nSPS) is 15.6. The standard InChI is InChI=1S/C13H16O4/c1-9(5-6-14)13-10-7-16-8-17-11(10)3-4-12(13)15-2/h3-4,6,9H,5,7-8H2,1-2H3. The van der Waals surface area contributed by atoms with Gasteiger partial charge in [-0.15, -0.1) is 0 Å². The molecule has 1 aromatic rings. The molecule has 17 heavy (non-hydrogen) atoms. The molecule has 0 saturated carbocycles. The number of hydrogen-bond acceptors (Lipinski definition) is 4. The number of aldehydes is 1. The van der Waals surface area contributed by atoms with Gasteiger partial charge in [-0.3, -0.25) is 0 Å². The first-order chi connectivity index (χ1) is 8.27. The van der Waals surface area contributed by atoms with Gasteiger partial charge in [-0.25, -0.2) is 0 Å². The van der Waals surface area contributed by atoms with Gasteiger partial charge in [0.1, 0.15) is 17.8 Å². The summed E-state index contributed by atoms with van der Waals surface area (Å²) in [7, 11) is 1.63. The van der Waals surface area contributed by atoms with E-state index in [-0.39, 0.29) is 12.7 Å². The highest BCUT2D eigenvalue weighted by Gasteiger charge is 2.22. The molecule has 0 N–H and O–H groups in total. The van der Waals surface area contributed by atoms with Crippen molar-refractivity contribution in [2.45, 2.75) is 25.9 Å². The van der Waals surface area contributed by atoms with Gasteiger partial charge in [0.15, 0.2) is 6.79 Å². The molecule has 0 radical (unpaired) electrons. The zero-order valence-corrected chi connectivity index (χ0v) is 10.1. The zero-order valence-electron chi connectivity index (χ0n) is 10.1. The summed E-state index contributed by atoms with van der Waals surface area (Å²) in [5.41, 5.74) is 2.00. The Kier molecular flexibility index (Phi) is 3.64. The van der Waals surface area contributed by atoms with Gasteiger partial charge in [0, 0.05) is 17.5 Å². The number of fused-ring (bicyclic) bond motifs is 1. The molecule has 0 saturated heterocycles. The third-order valence-electron chi connectivity index (χ3n) is 2.98. The van der Waals surface area contributed by atoms with E-state index in [0.717, 1.165) is 28.9 Å². The predicted molar refractivity (Wildman–Crippen MR) is 62.4 cm³/mol. The van der Waals surface area contributed by atoms with E-state index in [2.05, 4.69) is 0 Å². The molecule has 92 valence electrons. The van der Waals surface area contributed by atoms with E-state index in [9.17, 15) is 4.79 Å². The molecule has 0 bridgehead atoms. The summed E-state index contributed by atoms with van der Waals surface area (Å²) in [6, 6.07) is 3.76. The smallest absolute Gasteiger partial charge is 0.189 e. The number of carbonyl (C=O) groups is 1. The van der Waals surface area contributed by atoms with Crippen molar-refractivity contribution in [1.29, 1.82) is 0 Å². The third kappa shape index (κ3) is 2.26. The summed E-state index contributed by atoms with van der Waals surface area (Å²) < 4.78 is 16.1. The van der Waals surface area contributed by atoms with Crippen LogP contribution in [0.15, 0.2) is 12.1 Å². The molecule has 0 spiro atoms. The Balaban J connectivity index is 2.47. The number of carbonyl (C=O) groups excluding carboxylic acids is 1. The van der Waals surface area contributed by atoms with Gasteiger partial charge in [-0.2, -0.15) is 0 Å². The minimum absolute atomic E-state index is 0.0997. The Morgan fingerprint density at radius 2 is 2.35 bits per heavy atom. The molecule has 1 aromatic carbocycles. The van der Waals surface area contributed by atoms with E-state index in [0.29, 0.717) is 13.0 Å².